The third kappa shape index (κ3) is 3.13. The van der Waals surface area contributed by atoms with Crippen molar-refractivity contribution in [2.24, 2.45) is 0 Å². The van der Waals surface area contributed by atoms with E-state index >= 15 is 0 Å². The van der Waals surface area contributed by atoms with Crippen LogP contribution in [0.3, 0.4) is 0 Å². The summed E-state index contributed by atoms with van der Waals surface area (Å²) in [5.74, 6) is 2.41. The maximum absolute atomic E-state index is 12.7. The zero-order valence-electron chi connectivity index (χ0n) is 14.4. The van der Waals surface area contributed by atoms with Crippen LogP contribution in [0.2, 0.25) is 0 Å². The van der Waals surface area contributed by atoms with Gasteiger partial charge in [0.25, 0.3) is 0 Å². The minimum atomic E-state index is -0.0990. The molecule has 0 atom stereocenters. The molecule has 0 unspecified atom stereocenters. The molecule has 0 aliphatic heterocycles. The van der Waals surface area contributed by atoms with Crippen molar-refractivity contribution in [1.29, 1.82) is 0 Å². The average molecular weight is 358 g/mol. The first kappa shape index (κ1) is 17.1. The van der Waals surface area contributed by atoms with Gasteiger partial charge in [-0.3, -0.25) is 4.79 Å². The predicted octanol–water partition coefficient (Wildman–Crippen LogP) is 3.96. The smallest absolute Gasteiger partial charge is 0.192 e. The first-order valence-corrected chi connectivity index (χ1v) is 8.35. The van der Waals surface area contributed by atoms with E-state index in [2.05, 4.69) is 0 Å². The van der Waals surface area contributed by atoms with Crippen molar-refractivity contribution in [3.05, 3.63) is 46.6 Å². The zero-order chi connectivity index (χ0) is 18.0. The molecule has 25 heavy (non-hydrogen) atoms. The van der Waals surface area contributed by atoms with Gasteiger partial charge in [0.05, 0.1) is 33.8 Å². The number of fused-ring (bicyclic) bond motifs is 1. The molecule has 0 fully saturated rings. The Morgan fingerprint density at radius 3 is 2.12 bits per heavy atom. The monoisotopic (exact) mass is 358 g/mol. The van der Waals surface area contributed by atoms with Crippen LogP contribution in [0.1, 0.15) is 0 Å². The lowest BCUT2D eigenvalue weighted by molar-refractivity contribution is 0.355. The number of benzene rings is 2. The summed E-state index contributed by atoms with van der Waals surface area (Å²) in [7, 11) is 6.30. The van der Waals surface area contributed by atoms with Crippen LogP contribution in [0.25, 0.3) is 20.5 Å². The van der Waals surface area contributed by atoms with Crippen LogP contribution in [-0.2, 0) is 0 Å². The molecule has 0 amide bonds. The van der Waals surface area contributed by atoms with Gasteiger partial charge in [0.15, 0.2) is 16.9 Å². The van der Waals surface area contributed by atoms with Gasteiger partial charge in [-0.1, -0.05) is 0 Å². The van der Waals surface area contributed by atoms with Crippen LogP contribution in [0.15, 0.2) is 41.2 Å². The van der Waals surface area contributed by atoms with Gasteiger partial charge in [0.2, 0.25) is 0 Å². The van der Waals surface area contributed by atoms with Crippen molar-refractivity contribution in [3.63, 3.8) is 0 Å². The third-order valence-electron chi connectivity index (χ3n) is 3.89. The topological polar surface area (TPSA) is 54.0 Å². The van der Waals surface area contributed by atoms with Crippen molar-refractivity contribution in [1.82, 2.24) is 0 Å². The highest BCUT2D eigenvalue weighted by molar-refractivity contribution is 7.21. The molecule has 6 heteroatoms. The van der Waals surface area contributed by atoms with Crippen LogP contribution in [0, 0.1) is 0 Å². The fourth-order valence-electron chi connectivity index (χ4n) is 2.64. The first-order valence-electron chi connectivity index (χ1n) is 7.53. The summed E-state index contributed by atoms with van der Waals surface area (Å²) in [6, 6.07) is 10.7. The average Bonchev–Trinajstić information content (AvgIpc) is 2.65. The Morgan fingerprint density at radius 1 is 0.760 bits per heavy atom. The third-order valence-corrected chi connectivity index (χ3v) is 5.01. The van der Waals surface area contributed by atoms with Gasteiger partial charge in [-0.05, 0) is 29.8 Å². The summed E-state index contributed by atoms with van der Waals surface area (Å²) < 4.78 is 22.1. The van der Waals surface area contributed by atoms with E-state index in [1.807, 2.05) is 24.3 Å². The van der Waals surface area contributed by atoms with E-state index in [0.29, 0.717) is 28.4 Å². The number of methoxy groups -OCH3 is 4. The minimum absolute atomic E-state index is 0.0990. The van der Waals surface area contributed by atoms with E-state index in [1.165, 1.54) is 11.3 Å². The SMILES string of the molecule is COc1cc(OC)c2c(=O)cc(-c3ccc(OC)c(OC)c3)sc2c1. The fraction of sp³-hybridized carbons (Fsp3) is 0.211. The summed E-state index contributed by atoms with van der Waals surface area (Å²) in [5.41, 5.74) is 0.779. The van der Waals surface area contributed by atoms with Crippen LogP contribution in [0.4, 0.5) is 0 Å². The summed E-state index contributed by atoms with van der Waals surface area (Å²) in [4.78, 5) is 13.5. The maximum Gasteiger partial charge on any atom is 0.192 e. The first-order chi connectivity index (χ1) is 12.1. The fourth-order valence-corrected chi connectivity index (χ4v) is 3.76. The van der Waals surface area contributed by atoms with Crippen LogP contribution in [0.5, 0.6) is 23.0 Å². The second kappa shape index (κ2) is 7.03. The molecule has 3 rings (SSSR count). The molecule has 0 saturated heterocycles. The zero-order valence-corrected chi connectivity index (χ0v) is 15.2. The summed E-state index contributed by atoms with van der Waals surface area (Å²) >= 11 is 1.49. The molecule has 130 valence electrons. The lowest BCUT2D eigenvalue weighted by atomic mass is 10.1. The summed E-state index contributed by atoms with van der Waals surface area (Å²) in [6.45, 7) is 0. The van der Waals surface area contributed by atoms with Gasteiger partial charge >= 0.3 is 0 Å². The molecule has 1 aromatic heterocycles. The highest BCUT2D eigenvalue weighted by Gasteiger charge is 2.13. The van der Waals surface area contributed by atoms with E-state index in [9.17, 15) is 4.79 Å². The Bertz CT molecular complexity index is 977. The number of hydrogen-bond acceptors (Lipinski definition) is 6. The van der Waals surface area contributed by atoms with Crippen molar-refractivity contribution in [2.75, 3.05) is 28.4 Å². The van der Waals surface area contributed by atoms with Gasteiger partial charge in [-0.15, -0.1) is 11.3 Å². The molecular formula is C19H18O5S. The van der Waals surface area contributed by atoms with Gasteiger partial charge in [0.1, 0.15) is 11.5 Å². The molecule has 0 N–H and O–H groups in total. The highest BCUT2D eigenvalue weighted by Crippen LogP contribution is 2.38. The molecule has 1 heterocycles. The molecule has 5 nitrogen and oxygen atoms in total. The molecular weight excluding hydrogens is 340 g/mol. The molecule has 0 aliphatic rings. The van der Waals surface area contributed by atoms with E-state index in [4.69, 9.17) is 18.9 Å². The molecule has 0 bridgehead atoms. The van der Waals surface area contributed by atoms with Crippen molar-refractivity contribution < 1.29 is 18.9 Å². The van der Waals surface area contributed by atoms with E-state index in [0.717, 1.165) is 15.1 Å². The molecule has 2 aromatic carbocycles. The Hall–Kier alpha value is -2.73. The van der Waals surface area contributed by atoms with Crippen LogP contribution >= 0.6 is 11.3 Å². The van der Waals surface area contributed by atoms with Crippen LogP contribution < -0.4 is 24.4 Å². The Kier molecular flexibility index (Phi) is 4.81. The summed E-state index contributed by atoms with van der Waals surface area (Å²) in [5, 5.41) is 0.553. The van der Waals surface area contributed by atoms with Crippen molar-refractivity contribution in [3.8, 4) is 33.4 Å². The largest absolute Gasteiger partial charge is 0.497 e. The minimum Gasteiger partial charge on any atom is -0.497 e. The summed E-state index contributed by atoms with van der Waals surface area (Å²) in [6.07, 6.45) is 0. The Balaban J connectivity index is 2.23. The van der Waals surface area contributed by atoms with E-state index < -0.39 is 0 Å². The van der Waals surface area contributed by atoms with E-state index in [-0.39, 0.29) is 5.43 Å². The van der Waals surface area contributed by atoms with Crippen LogP contribution in [-0.4, -0.2) is 28.4 Å². The van der Waals surface area contributed by atoms with Gasteiger partial charge in [-0.2, -0.15) is 0 Å². The molecule has 0 radical (unpaired) electrons. The molecule has 0 aliphatic carbocycles. The molecule has 3 aromatic rings. The van der Waals surface area contributed by atoms with Gasteiger partial charge < -0.3 is 18.9 Å². The Labute approximate surface area is 149 Å². The quantitative estimate of drug-likeness (QED) is 0.691. The van der Waals surface area contributed by atoms with Gasteiger partial charge in [0, 0.05) is 21.7 Å². The number of rotatable bonds is 5. The lowest BCUT2D eigenvalue weighted by Crippen LogP contribution is -2.02. The normalized spacial score (nSPS) is 10.6. The Morgan fingerprint density at radius 2 is 1.48 bits per heavy atom. The van der Waals surface area contributed by atoms with Crippen molar-refractivity contribution in [2.45, 2.75) is 0 Å². The standard InChI is InChI=1S/C19H18O5S/c1-21-12-8-16(24-4)19-13(20)10-17(25-18(19)9-12)11-5-6-14(22-2)15(7-11)23-3/h5-10H,1-4H3. The number of ether oxygens (including phenoxy) is 4. The number of hydrogen-bond donors (Lipinski definition) is 0. The van der Waals surface area contributed by atoms with E-state index in [1.54, 1.807) is 40.6 Å². The molecule has 0 spiro atoms. The maximum atomic E-state index is 12.7. The van der Waals surface area contributed by atoms with Gasteiger partial charge in [-0.25, -0.2) is 0 Å². The van der Waals surface area contributed by atoms with Crippen molar-refractivity contribution >= 4 is 21.4 Å². The second-order valence-electron chi connectivity index (χ2n) is 5.25. The molecule has 0 saturated carbocycles. The second-order valence-corrected chi connectivity index (χ2v) is 6.33. The highest BCUT2D eigenvalue weighted by atomic mass is 32.1. The lowest BCUT2D eigenvalue weighted by Gasteiger charge is -2.11. The predicted molar refractivity (Wildman–Crippen MR) is 99.7 cm³/mol.